The van der Waals surface area contributed by atoms with E-state index in [-0.39, 0.29) is 6.61 Å². The molecule has 0 aliphatic rings. The maximum atomic E-state index is 10.2. The average Bonchev–Trinajstić information content (AvgIpc) is 2.08. The van der Waals surface area contributed by atoms with E-state index in [9.17, 15) is 4.79 Å². The van der Waals surface area contributed by atoms with E-state index in [1.54, 1.807) is 0 Å². The van der Waals surface area contributed by atoms with Gasteiger partial charge >= 0.3 is 5.30 Å². The fourth-order valence-corrected chi connectivity index (χ4v) is 0.566. The SMILES string of the molecule is O=C(S)OCC(CO)(CO)CO. The van der Waals surface area contributed by atoms with Gasteiger partial charge < -0.3 is 20.1 Å². The van der Waals surface area contributed by atoms with Gasteiger partial charge in [0.1, 0.15) is 6.61 Å². The largest absolute Gasteiger partial charge is 0.457 e. The van der Waals surface area contributed by atoms with E-state index in [0.29, 0.717) is 0 Å². The minimum absolute atomic E-state index is 0.251. The first-order valence-electron chi connectivity index (χ1n) is 3.28. The Kier molecular flexibility index (Phi) is 5.23. The topological polar surface area (TPSA) is 87.0 Å². The molecule has 72 valence electrons. The second-order valence-corrected chi connectivity index (χ2v) is 2.89. The zero-order chi connectivity index (χ0) is 9.61. The summed E-state index contributed by atoms with van der Waals surface area (Å²) in [6.45, 7) is -1.62. The van der Waals surface area contributed by atoms with Gasteiger partial charge in [-0.3, -0.25) is 0 Å². The molecule has 0 amide bonds. The lowest BCUT2D eigenvalue weighted by Crippen LogP contribution is -2.39. The lowest BCUT2D eigenvalue weighted by atomic mass is 9.93. The molecule has 0 aromatic heterocycles. The lowest BCUT2D eigenvalue weighted by Gasteiger charge is -2.25. The van der Waals surface area contributed by atoms with Gasteiger partial charge in [-0.25, -0.2) is 4.79 Å². The third-order valence-corrected chi connectivity index (χ3v) is 1.64. The zero-order valence-corrected chi connectivity index (χ0v) is 7.33. The molecule has 0 aromatic carbocycles. The van der Waals surface area contributed by atoms with E-state index >= 15 is 0 Å². The van der Waals surface area contributed by atoms with Gasteiger partial charge in [0.2, 0.25) is 0 Å². The molecule has 6 heteroatoms. The van der Waals surface area contributed by atoms with Crippen molar-refractivity contribution in [3.8, 4) is 0 Å². The second kappa shape index (κ2) is 5.36. The summed E-state index contributed by atoms with van der Waals surface area (Å²) < 4.78 is 4.43. The Balaban J connectivity index is 4.01. The molecule has 0 fully saturated rings. The Morgan fingerprint density at radius 1 is 1.25 bits per heavy atom. The van der Waals surface area contributed by atoms with Crippen molar-refractivity contribution in [2.75, 3.05) is 26.4 Å². The first kappa shape index (κ1) is 11.7. The van der Waals surface area contributed by atoms with Crippen LogP contribution in [0, 0.1) is 5.41 Å². The molecule has 0 radical (unpaired) electrons. The Bertz CT molecular complexity index is 137. The Hall–Kier alpha value is -0.300. The average molecular weight is 196 g/mol. The molecule has 0 rings (SSSR count). The van der Waals surface area contributed by atoms with Crippen LogP contribution in [-0.4, -0.2) is 47.0 Å². The maximum absolute atomic E-state index is 10.2. The summed E-state index contributed by atoms with van der Waals surface area (Å²) in [4.78, 5) is 10.2. The molecular weight excluding hydrogens is 184 g/mol. The molecule has 0 bridgehead atoms. The van der Waals surface area contributed by atoms with Crippen molar-refractivity contribution < 1.29 is 24.9 Å². The molecule has 0 saturated carbocycles. The number of hydrogen-bond acceptors (Lipinski definition) is 5. The van der Waals surface area contributed by atoms with Crippen molar-refractivity contribution >= 4 is 17.9 Å². The van der Waals surface area contributed by atoms with Crippen LogP contribution >= 0.6 is 12.6 Å². The third kappa shape index (κ3) is 3.40. The van der Waals surface area contributed by atoms with E-state index in [1.165, 1.54) is 0 Å². The van der Waals surface area contributed by atoms with E-state index in [4.69, 9.17) is 15.3 Å². The van der Waals surface area contributed by atoms with Crippen molar-refractivity contribution in [3.63, 3.8) is 0 Å². The molecule has 0 aromatic rings. The van der Waals surface area contributed by atoms with Crippen LogP contribution in [0.5, 0.6) is 0 Å². The number of hydrogen-bond donors (Lipinski definition) is 4. The van der Waals surface area contributed by atoms with Gasteiger partial charge in [-0.15, -0.1) is 0 Å². The molecule has 12 heavy (non-hydrogen) atoms. The minimum Gasteiger partial charge on any atom is -0.457 e. The summed E-state index contributed by atoms with van der Waals surface area (Å²) in [6, 6.07) is 0. The Morgan fingerprint density at radius 3 is 1.92 bits per heavy atom. The third-order valence-electron chi connectivity index (χ3n) is 1.51. The van der Waals surface area contributed by atoms with Crippen LogP contribution in [0.2, 0.25) is 0 Å². The summed E-state index contributed by atoms with van der Waals surface area (Å²) in [5.74, 6) is 0. The quantitative estimate of drug-likeness (QED) is 0.335. The molecule has 0 spiro atoms. The lowest BCUT2D eigenvalue weighted by molar-refractivity contribution is -0.0334. The van der Waals surface area contributed by atoms with Crippen molar-refractivity contribution in [3.05, 3.63) is 0 Å². The molecule has 0 unspecified atom stereocenters. The van der Waals surface area contributed by atoms with Gasteiger partial charge in [0.05, 0.1) is 25.2 Å². The molecule has 5 nitrogen and oxygen atoms in total. The van der Waals surface area contributed by atoms with Gasteiger partial charge in [-0.2, -0.15) is 0 Å². The van der Waals surface area contributed by atoms with Crippen molar-refractivity contribution in [2.45, 2.75) is 0 Å². The highest BCUT2D eigenvalue weighted by Gasteiger charge is 2.29. The van der Waals surface area contributed by atoms with E-state index in [2.05, 4.69) is 17.4 Å². The van der Waals surface area contributed by atoms with Crippen LogP contribution in [0.4, 0.5) is 4.79 Å². The molecule has 0 aliphatic carbocycles. The predicted molar refractivity (Wildman–Crippen MR) is 44.0 cm³/mol. The van der Waals surface area contributed by atoms with Crippen molar-refractivity contribution in [1.82, 2.24) is 0 Å². The van der Waals surface area contributed by atoms with Crippen molar-refractivity contribution in [1.29, 1.82) is 0 Å². The molecule has 0 heterocycles. The van der Waals surface area contributed by atoms with Gasteiger partial charge in [0.15, 0.2) is 0 Å². The number of thiol groups is 1. The zero-order valence-electron chi connectivity index (χ0n) is 6.43. The van der Waals surface area contributed by atoms with Gasteiger partial charge in [0.25, 0.3) is 0 Å². The Labute approximate surface area is 75.4 Å². The summed E-state index contributed by atoms with van der Waals surface area (Å²) in [6.07, 6.45) is 0. The summed E-state index contributed by atoms with van der Waals surface area (Å²) >= 11 is 3.32. The molecule has 3 N–H and O–H groups in total. The van der Waals surface area contributed by atoms with E-state index in [1.807, 2.05) is 0 Å². The number of aliphatic hydroxyl groups is 3. The molecule has 0 atom stereocenters. The summed E-state index contributed by atoms with van der Waals surface area (Å²) in [5.41, 5.74) is -1.17. The van der Waals surface area contributed by atoms with Gasteiger partial charge in [-0.05, 0) is 0 Å². The van der Waals surface area contributed by atoms with Crippen LogP contribution in [-0.2, 0) is 4.74 Å². The number of carbonyl (C=O) groups is 1. The predicted octanol–water partition coefficient (Wildman–Crippen LogP) is -0.984. The first-order valence-corrected chi connectivity index (χ1v) is 3.73. The van der Waals surface area contributed by atoms with E-state index < -0.39 is 30.5 Å². The number of rotatable bonds is 5. The summed E-state index contributed by atoms with van der Waals surface area (Å²) in [5, 5.41) is 25.4. The number of carbonyl (C=O) groups excluding carboxylic acids is 1. The fraction of sp³-hybridized carbons (Fsp3) is 0.833. The fourth-order valence-electron chi connectivity index (χ4n) is 0.502. The minimum atomic E-state index is -1.17. The highest BCUT2D eigenvalue weighted by molar-refractivity contribution is 7.96. The van der Waals surface area contributed by atoms with Crippen LogP contribution in [0.25, 0.3) is 0 Å². The molecule has 0 saturated heterocycles. The van der Waals surface area contributed by atoms with Gasteiger partial charge in [0, 0.05) is 0 Å². The van der Waals surface area contributed by atoms with Crippen LogP contribution in [0.3, 0.4) is 0 Å². The second-order valence-electron chi connectivity index (χ2n) is 2.53. The van der Waals surface area contributed by atoms with E-state index in [0.717, 1.165) is 0 Å². The smallest absolute Gasteiger partial charge is 0.364 e. The molecular formula is C6H12O5S. The number of ether oxygens (including phenoxy) is 1. The van der Waals surface area contributed by atoms with Crippen molar-refractivity contribution in [2.24, 2.45) is 5.41 Å². The van der Waals surface area contributed by atoms with Crippen LogP contribution < -0.4 is 0 Å². The molecule has 0 aliphatic heterocycles. The van der Waals surface area contributed by atoms with Crippen LogP contribution in [0.15, 0.2) is 0 Å². The van der Waals surface area contributed by atoms with Crippen LogP contribution in [0.1, 0.15) is 0 Å². The maximum Gasteiger partial charge on any atom is 0.364 e. The highest BCUT2D eigenvalue weighted by atomic mass is 32.1. The highest BCUT2D eigenvalue weighted by Crippen LogP contribution is 2.15. The van der Waals surface area contributed by atoms with Gasteiger partial charge in [-0.1, -0.05) is 12.6 Å². The summed E-state index contributed by atoms with van der Waals surface area (Å²) in [7, 11) is 0. The standard InChI is InChI=1S/C6H12O5S/c7-1-6(2-8,3-9)4-11-5(10)12/h7-9H,1-4H2,(H,10,12). The Morgan fingerprint density at radius 2 is 1.67 bits per heavy atom. The monoisotopic (exact) mass is 196 g/mol. The normalized spacial score (nSPS) is 11.3. The first-order chi connectivity index (χ1) is 5.60. The number of aliphatic hydroxyl groups excluding tert-OH is 3.